The van der Waals surface area contributed by atoms with Crippen LogP contribution in [0.25, 0.3) is 28.0 Å². The molecule has 2 aromatic carbocycles. The van der Waals surface area contributed by atoms with Crippen LogP contribution in [-0.4, -0.2) is 35.9 Å². The van der Waals surface area contributed by atoms with Crippen molar-refractivity contribution in [1.29, 1.82) is 0 Å². The highest BCUT2D eigenvalue weighted by molar-refractivity contribution is 5.81. The molecule has 7 heteroatoms. The summed E-state index contributed by atoms with van der Waals surface area (Å²) in [5.74, 6) is 0.976. The van der Waals surface area contributed by atoms with Gasteiger partial charge in [0.2, 0.25) is 0 Å². The average molecular weight is 393 g/mol. The Balaban J connectivity index is 1.94. The molecule has 0 unspecified atom stereocenters. The number of halogens is 1. The van der Waals surface area contributed by atoms with Crippen LogP contribution < -0.4 is 9.47 Å². The number of rotatable bonds is 6. The second-order valence-electron chi connectivity index (χ2n) is 6.40. The number of hydrogen-bond donors (Lipinski definition) is 0. The van der Waals surface area contributed by atoms with E-state index in [-0.39, 0.29) is 5.82 Å². The van der Waals surface area contributed by atoms with E-state index in [2.05, 4.69) is 4.98 Å². The Morgan fingerprint density at radius 2 is 1.62 bits per heavy atom. The van der Waals surface area contributed by atoms with Gasteiger partial charge in [0, 0.05) is 18.9 Å². The van der Waals surface area contributed by atoms with Crippen LogP contribution in [0.15, 0.2) is 54.7 Å². The van der Waals surface area contributed by atoms with Crippen molar-refractivity contribution >= 4 is 5.65 Å². The highest BCUT2D eigenvalue weighted by Crippen LogP contribution is 2.34. The first kappa shape index (κ1) is 18.9. The first-order chi connectivity index (χ1) is 14.2. The highest BCUT2D eigenvalue weighted by atomic mass is 19.1. The molecule has 0 bridgehead atoms. The lowest BCUT2D eigenvalue weighted by atomic mass is 10.1. The largest absolute Gasteiger partial charge is 0.493 e. The summed E-state index contributed by atoms with van der Waals surface area (Å²) in [6.45, 7) is 0.307. The molecule has 0 fully saturated rings. The van der Waals surface area contributed by atoms with E-state index in [0.717, 1.165) is 28.1 Å². The SMILES string of the molecule is COCc1nn2c(-c3ccc(OC)c(OC)c3)ccnc2c1-c1ccc(F)cc1. The van der Waals surface area contributed by atoms with Gasteiger partial charge in [-0.15, -0.1) is 0 Å². The van der Waals surface area contributed by atoms with Crippen molar-refractivity contribution in [2.45, 2.75) is 6.61 Å². The van der Waals surface area contributed by atoms with Gasteiger partial charge in [-0.1, -0.05) is 12.1 Å². The normalized spacial score (nSPS) is 11.0. The van der Waals surface area contributed by atoms with Crippen LogP contribution in [0.4, 0.5) is 4.39 Å². The van der Waals surface area contributed by atoms with E-state index in [1.165, 1.54) is 12.1 Å². The van der Waals surface area contributed by atoms with Gasteiger partial charge >= 0.3 is 0 Å². The van der Waals surface area contributed by atoms with Crippen molar-refractivity contribution in [2.24, 2.45) is 0 Å². The maximum absolute atomic E-state index is 13.4. The van der Waals surface area contributed by atoms with E-state index in [1.807, 2.05) is 24.3 Å². The number of benzene rings is 2. The van der Waals surface area contributed by atoms with Gasteiger partial charge in [-0.2, -0.15) is 5.10 Å². The molecule has 0 saturated heterocycles. The van der Waals surface area contributed by atoms with Crippen LogP contribution in [0.5, 0.6) is 11.5 Å². The Morgan fingerprint density at radius 1 is 0.897 bits per heavy atom. The summed E-state index contributed by atoms with van der Waals surface area (Å²) in [7, 11) is 4.81. The fraction of sp³-hybridized carbons (Fsp3) is 0.182. The molecule has 0 aliphatic carbocycles. The zero-order valence-electron chi connectivity index (χ0n) is 16.3. The van der Waals surface area contributed by atoms with Crippen LogP contribution in [0, 0.1) is 5.82 Å². The predicted octanol–water partition coefficient (Wildman–Crippen LogP) is 4.37. The Labute approximate surface area is 167 Å². The van der Waals surface area contributed by atoms with Crippen molar-refractivity contribution in [3.05, 3.63) is 66.2 Å². The lowest BCUT2D eigenvalue weighted by Gasteiger charge is -2.10. The zero-order chi connectivity index (χ0) is 20.4. The van der Waals surface area contributed by atoms with Crippen molar-refractivity contribution in [2.75, 3.05) is 21.3 Å². The van der Waals surface area contributed by atoms with Crippen molar-refractivity contribution in [3.8, 4) is 33.9 Å². The molecule has 4 aromatic rings. The topological polar surface area (TPSA) is 57.9 Å². The third-order valence-corrected chi connectivity index (χ3v) is 4.68. The molecule has 0 aliphatic heterocycles. The molecule has 0 spiro atoms. The molecule has 0 atom stereocenters. The van der Waals surface area contributed by atoms with E-state index < -0.39 is 0 Å². The minimum Gasteiger partial charge on any atom is -0.493 e. The van der Waals surface area contributed by atoms with Crippen molar-refractivity contribution in [1.82, 2.24) is 14.6 Å². The quantitative estimate of drug-likeness (QED) is 0.487. The molecule has 2 aromatic heterocycles. The molecule has 0 saturated carbocycles. The molecule has 0 N–H and O–H groups in total. The third-order valence-electron chi connectivity index (χ3n) is 4.68. The molecular weight excluding hydrogens is 373 g/mol. The molecule has 148 valence electrons. The van der Waals surface area contributed by atoms with Gasteiger partial charge in [0.05, 0.1) is 37.8 Å². The zero-order valence-corrected chi connectivity index (χ0v) is 16.3. The van der Waals surface area contributed by atoms with Crippen LogP contribution in [0.3, 0.4) is 0 Å². The summed E-state index contributed by atoms with van der Waals surface area (Å²) in [6, 6.07) is 13.8. The second kappa shape index (κ2) is 7.89. The molecule has 4 rings (SSSR count). The van der Waals surface area contributed by atoms with Gasteiger partial charge in [0.1, 0.15) is 5.82 Å². The molecule has 2 heterocycles. The van der Waals surface area contributed by atoms with Crippen LogP contribution in [-0.2, 0) is 11.3 Å². The van der Waals surface area contributed by atoms with E-state index >= 15 is 0 Å². The minimum absolute atomic E-state index is 0.294. The van der Waals surface area contributed by atoms with Gasteiger partial charge in [-0.3, -0.25) is 0 Å². The van der Waals surface area contributed by atoms with Gasteiger partial charge in [-0.25, -0.2) is 13.9 Å². The first-order valence-corrected chi connectivity index (χ1v) is 9.00. The summed E-state index contributed by atoms with van der Waals surface area (Å²) in [5, 5.41) is 4.74. The number of ether oxygens (including phenoxy) is 3. The number of methoxy groups -OCH3 is 3. The number of hydrogen-bond acceptors (Lipinski definition) is 5. The number of aromatic nitrogens is 3. The van der Waals surface area contributed by atoms with Crippen molar-refractivity contribution < 1.29 is 18.6 Å². The fourth-order valence-corrected chi connectivity index (χ4v) is 3.35. The summed E-state index contributed by atoms with van der Waals surface area (Å²) < 4.78 is 31.3. The third kappa shape index (κ3) is 3.40. The Hall–Kier alpha value is -3.45. The minimum atomic E-state index is -0.294. The maximum atomic E-state index is 13.4. The van der Waals surface area contributed by atoms with Crippen LogP contribution in [0.2, 0.25) is 0 Å². The van der Waals surface area contributed by atoms with Crippen molar-refractivity contribution in [3.63, 3.8) is 0 Å². The van der Waals surface area contributed by atoms with E-state index in [0.29, 0.717) is 23.8 Å². The smallest absolute Gasteiger partial charge is 0.163 e. The van der Waals surface area contributed by atoms with Crippen LogP contribution in [0.1, 0.15) is 5.69 Å². The summed E-state index contributed by atoms with van der Waals surface area (Å²) >= 11 is 0. The van der Waals surface area contributed by atoms with Gasteiger partial charge in [0.15, 0.2) is 17.1 Å². The van der Waals surface area contributed by atoms with Gasteiger partial charge in [0.25, 0.3) is 0 Å². The monoisotopic (exact) mass is 393 g/mol. The summed E-state index contributed by atoms with van der Waals surface area (Å²) in [4.78, 5) is 4.54. The van der Waals surface area contributed by atoms with E-state index in [1.54, 1.807) is 44.2 Å². The summed E-state index contributed by atoms with van der Waals surface area (Å²) in [5.41, 5.74) is 4.75. The molecule has 0 aliphatic rings. The van der Waals surface area contributed by atoms with Gasteiger partial charge in [-0.05, 0) is 42.0 Å². The average Bonchev–Trinajstić information content (AvgIpc) is 3.12. The Morgan fingerprint density at radius 3 is 2.31 bits per heavy atom. The highest BCUT2D eigenvalue weighted by Gasteiger charge is 2.19. The van der Waals surface area contributed by atoms with E-state index in [4.69, 9.17) is 19.3 Å². The molecule has 0 radical (unpaired) electrons. The van der Waals surface area contributed by atoms with E-state index in [9.17, 15) is 4.39 Å². The number of fused-ring (bicyclic) bond motifs is 1. The lowest BCUT2D eigenvalue weighted by Crippen LogP contribution is -1.98. The Bertz CT molecular complexity index is 1160. The summed E-state index contributed by atoms with van der Waals surface area (Å²) in [6.07, 6.45) is 1.73. The molecular formula is C22H20FN3O3. The molecule has 6 nitrogen and oxygen atoms in total. The van der Waals surface area contributed by atoms with Crippen LogP contribution >= 0.6 is 0 Å². The predicted molar refractivity (Wildman–Crippen MR) is 108 cm³/mol. The second-order valence-corrected chi connectivity index (χ2v) is 6.40. The Kier molecular flexibility index (Phi) is 5.14. The van der Waals surface area contributed by atoms with Gasteiger partial charge < -0.3 is 14.2 Å². The fourth-order valence-electron chi connectivity index (χ4n) is 3.35. The first-order valence-electron chi connectivity index (χ1n) is 9.00. The number of nitrogens with zero attached hydrogens (tertiary/aromatic N) is 3. The lowest BCUT2D eigenvalue weighted by molar-refractivity contribution is 0.181. The molecule has 0 amide bonds. The maximum Gasteiger partial charge on any atom is 0.163 e. The molecule has 29 heavy (non-hydrogen) atoms. The standard InChI is InChI=1S/C22H20FN3O3/c1-27-13-17-21(14-4-7-16(23)8-5-14)22-24-11-10-18(26(22)25-17)15-6-9-19(28-2)20(12-15)29-3/h4-12H,13H2,1-3H3.